The number of pyridine rings is 1. The molecule has 9 heteroatoms. The van der Waals surface area contributed by atoms with Crippen molar-refractivity contribution in [2.45, 2.75) is 19.3 Å². The first kappa shape index (κ1) is 18.0. The van der Waals surface area contributed by atoms with Crippen LogP contribution in [0.2, 0.25) is 0 Å². The number of hydrogen-bond acceptors (Lipinski definition) is 5. The Kier molecular flexibility index (Phi) is 3.92. The number of amides is 1. The first-order valence-electron chi connectivity index (χ1n) is 9.48. The molecule has 0 bridgehead atoms. The van der Waals surface area contributed by atoms with Crippen LogP contribution in [0.25, 0.3) is 16.7 Å². The maximum atomic E-state index is 13.2. The van der Waals surface area contributed by atoms with Crippen molar-refractivity contribution in [2.24, 2.45) is 7.05 Å². The Morgan fingerprint density at radius 2 is 1.90 bits per heavy atom. The molecule has 0 spiro atoms. The Bertz CT molecular complexity index is 1430. The molecule has 4 heterocycles. The maximum Gasteiger partial charge on any atom is 0.264 e. The smallest absolute Gasteiger partial charge is 0.264 e. The molecule has 150 valence electrons. The monoisotopic (exact) mass is 402 g/mol. The van der Waals surface area contributed by atoms with E-state index in [1.807, 2.05) is 37.3 Å². The third-order valence-electron chi connectivity index (χ3n) is 5.52. The van der Waals surface area contributed by atoms with Crippen molar-refractivity contribution >= 4 is 22.6 Å². The highest BCUT2D eigenvalue weighted by molar-refractivity contribution is 5.95. The van der Waals surface area contributed by atoms with Crippen molar-refractivity contribution < 1.29 is 4.79 Å². The van der Waals surface area contributed by atoms with Crippen molar-refractivity contribution in [2.75, 3.05) is 5.32 Å². The van der Waals surface area contributed by atoms with Gasteiger partial charge < -0.3 is 9.88 Å². The lowest BCUT2D eigenvalue weighted by molar-refractivity contribution is -0.116. The normalized spacial score (nSPS) is 15.8. The molecule has 0 fully saturated rings. The fourth-order valence-corrected chi connectivity index (χ4v) is 4.13. The number of aryl methyl sites for hydroxylation is 2. The van der Waals surface area contributed by atoms with Crippen LogP contribution in [0.3, 0.4) is 0 Å². The average Bonchev–Trinajstić information content (AvgIpc) is 3.07. The summed E-state index contributed by atoms with van der Waals surface area (Å²) in [6.07, 6.45) is 0.145. The topological polar surface area (TPSA) is 115 Å². The van der Waals surface area contributed by atoms with Crippen LogP contribution in [0.15, 0.2) is 52.1 Å². The third kappa shape index (κ3) is 2.66. The molecule has 0 aliphatic carbocycles. The number of carbonyl (C=O) groups excluding carboxylic acids is 1. The highest BCUT2D eigenvalue weighted by atomic mass is 16.2. The van der Waals surface area contributed by atoms with Gasteiger partial charge in [-0.2, -0.15) is 14.9 Å². The van der Waals surface area contributed by atoms with Gasteiger partial charge in [0.05, 0.1) is 11.2 Å². The molecule has 5 rings (SSSR count). The van der Waals surface area contributed by atoms with E-state index in [0.717, 1.165) is 16.5 Å². The second-order valence-electron chi connectivity index (χ2n) is 7.37. The first-order chi connectivity index (χ1) is 14.4. The number of H-pyrrole nitrogens is 1. The Morgan fingerprint density at radius 1 is 1.10 bits per heavy atom. The quantitative estimate of drug-likeness (QED) is 0.528. The number of anilines is 1. The van der Waals surface area contributed by atoms with Gasteiger partial charge in [0, 0.05) is 36.6 Å². The van der Waals surface area contributed by atoms with Gasteiger partial charge >= 0.3 is 0 Å². The Hall–Kier alpha value is -4.01. The van der Waals surface area contributed by atoms with E-state index in [0.29, 0.717) is 22.9 Å². The summed E-state index contributed by atoms with van der Waals surface area (Å²) in [6, 6.07) is 12.4. The Balaban J connectivity index is 1.74. The second kappa shape index (κ2) is 6.51. The number of nitrogens with zero attached hydrogens (tertiary/aromatic N) is 4. The molecule has 1 aliphatic rings. The molecule has 0 saturated carbocycles. The van der Waals surface area contributed by atoms with Gasteiger partial charge in [0.15, 0.2) is 5.82 Å². The van der Waals surface area contributed by atoms with E-state index in [1.165, 1.54) is 16.8 Å². The summed E-state index contributed by atoms with van der Waals surface area (Å²) in [5.41, 5.74) is 2.35. The molecule has 3 aromatic heterocycles. The van der Waals surface area contributed by atoms with Crippen molar-refractivity contribution in [1.82, 2.24) is 24.5 Å². The number of aromatic amines is 1. The lowest BCUT2D eigenvalue weighted by Crippen LogP contribution is -2.30. The molecule has 2 N–H and O–H groups in total. The van der Waals surface area contributed by atoms with E-state index in [1.54, 1.807) is 11.6 Å². The minimum atomic E-state index is -0.437. The molecule has 0 unspecified atom stereocenters. The van der Waals surface area contributed by atoms with E-state index < -0.39 is 5.92 Å². The number of rotatable bonds is 2. The minimum absolute atomic E-state index is 0.145. The van der Waals surface area contributed by atoms with E-state index in [-0.39, 0.29) is 23.4 Å². The summed E-state index contributed by atoms with van der Waals surface area (Å²) in [4.78, 5) is 37.1. The molecular weight excluding hydrogens is 384 g/mol. The SMILES string of the molecule is Cc1nn(-c2ccc(=O)[nH]n2)c2c1[C@H](c1cc3ccccc3n(C)c1=O)CC(=O)N2. The molecule has 1 amide bonds. The van der Waals surface area contributed by atoms with Gasteiger partial charge in [-0.1, -0.05) is 18.2 Å². The van der Waals surface area contributed by atoms with Gasteiger partial charge in [0.25, 0.3) is 11.1 Å². The molecule has 1 aromatic carbocycles. The molecule has 1 atom stereocenters. The van der Waals surface area contributed by atoms with Crippen LogP contribution in [-0.2, 0) is 11.8 Å². The van der Waals surface area contributed by atoms with Crippen molar-refractivity contribution in [3.05, 3.63) is 80.0 Å². The van der Waals surface area contributed by atoms with E-state index in [9.17, 15) is 14.4 Å². The van der Waals surface area contributed by atoms with Gasteiger partial charge in [0.2, 0.25) is 5.91 Å². The van der Waals surface area contributed by atoms with Gasteiger partial charge in [-0.15, -0.1) is 0 Å². The Morgan fingerprint density at radius 3 is 2.67 bits per heavy atom. The standard InChI is InChI=1S/C21H18N6O3/c1-11-19-13(14-9-12-5-3-4-6-15(12)26(2)21(14)30)10-18(29)22-20(19)27(25-11)16-7-8-17(28)24-23-16/h3-9,13H,10H2,1-2H3,(H,22,29)(H,24,28)/t13-/m0/s1. The highest BCUT2D eigenvalue weighted by Crippen LogP contribution is 2.39. The molecule has 0 saturated heterocycles. The molecule has 1 aliphatic heterocycles. The fourth-order valence-electron chi connectivity index (χ4n) is 4.13. The summed E-state index contributed by atoms with van der Waals surface area (Å²) in [5.74, 6) is 0.177. The summed E-state index contributed by atoms with van der Waals surface area (Å²) in [7, 11) is 1.73. The predicted molar refractivity (Wildman–Crippen MR) is 111 cm³/mol. The predicted octanol–water partition coefficient (Wildman–Crippen LogP) is 1.59. The van der Waals surface area contributed by atoms with Crippen LogP contribution in [0.4, 0.5) is 5.82 Å². The lowest BCUT2D eigenvalue weighted by Gasteiger charge is -2.24. The number of fused-ring (bicyclic) bond motifs is 2. The highest BCUT2D eigenvalue weighted by Gasteiger charge is 2.34. The summed E-state index contributed by atoms with van der Waals surface area (Å²) in [6.45, 7) is 1.83. The van der Waals surface area contributed by atoms with Crippen LogP contribution in [0.5, 0.6) is 0 Å². The number of para-hydroxylation sites is 1. The number of carbonyl (C=O) groups is 1. The zero-order valence-corrected chi connectivity index (χ0v) is 16.3. The number of hydrogen-bond donors (Lipinski definition) is 2. The van der Waals surface area contributed by atoms with Gasteiger partial charge in [0.1, 0.15) is 5.82 Å². The van der Waals surface area contributed by atoms with E-state index in [4.69, 9.17) is 0 Å². The largest absolute Gasteiger partial charge is 0.311 e. The number of aromatic nitrogens is 5. The van der Waals surface area contributed by atoms with Crippen LogP contribution < -0.4 is 16.4 Å². The minimum Gasteiger partial charge on any atom is -0.311 e. The summed E-state index contributed by atoms with van der Waals surface area (Å²) < 4.78 is 3.09. The zero-order chi connectivity index (χ0) is 21.0. The van der Waals surface area contributed by atoms with E-state index in [2.05, 4.69) is 20.6 Å². The molecule has 9 nitrogen and oxygen atoms in total. The second-order valence-corrected chi connectivity index (χ2v) is 7.37. The molecule has 4 aromatic rings. The summed E-state index contributed by atoms with van der Waals surface area (Å²) in [5, 5.41) is 14.7. The van der Waals surface area contributed by atoms with Crippen molar-refractivity contribution in [3.63, 3.8) is 0 Å². The van der Waals surface area contributed by atoms with Gasteiger partial charge in [-0.25, -0.2) is 5.10 Å². The van der Waals surface area contributed by atoms with Crippen LogP contribution in [-0.4, -0.2) is 30.5 Å². The molecule has 30 heavy (non-hydrogen) atoms. The Labute approximate surface area is 170 Å². The van der Waals surface area contributed by atoms with Crippen molar-refractivity contribution in [1.29, 1.82) is 0 Å². The van der Waals surface area contributed by atoms with Gasteiger partial charge in [-0.3, -0.25) is 14.4 Å². The number of nitrogens with one attached hydrogen (secondary N) is 2. The third-order valence-corrected chi connectivity index (χ3v) is 5.52. The van der Waals surface area contributed by atoms with Crippen LogP contribution in [0, 0.1) is 6.92 Å². The lowest BCUT2D eigenvalue weighted by atomic mass is 9.86. The van der Waals surface area contributed by atoms with Gasteiger partial charge in [-0.05, 0) is 30.5 Å². The van der Waals surface area contributed by atoms with Crippen LogP contribution in [0.1, 0.15) is 29.2 Å². The van der Waals surface area contributed by atoms with Crippen LogP contribution >= 0.6 is 0 Å². The van der Waals surface area contributed by atoms with Crippen molar-refractivity contribution in [3.8, 4) is 5.82 Å². The maximum absolute atomic E-state index is 13.2. The zero-order valence-electron chi connectivity index (χ0n) is 16.3. The molecule has 0 radical (unpaired) electrons. The first-order valence-corrected chi connectivity index (χ1v) is 9.48. The molecular formula is C21H18N6O3. The van der Waals surface area contributed by atoms with E-state index >= 15 is 0 Å². The average molecular weight is 402 g/mol. The number of benzene rings is 1. The summed E-state index contributed by atoms with van der Waals surface area (Å²) >= 11 is 0. The fraction of sp³-hybridized carbons (Fsp3) is 0.190.